The SMILES string of the molecule is CCOC(=O)c1ncn2c1Cc1c(C(=O)OCc3ccccc3)nnn1-c1cc(OC)ccc1-2. The molecule has 0 radical (unpaired) electrons. The van der Waals surface area contributed by atoms with Crippen molar-refractivity contribution in [3.05, 3.63) is 83.2 Å². The summed E-state index contributed by atoms with van der Waals surface area (Å²) >= 11 is 0. The van der Waals surface area contributed by atoms with Crippen LogP contribution in [-0.2, 0) is 22.5 Å². The number of carbonyl (C=O) groups is 2. The highest BCUT2D eigenvalue weighted by Gasteiger charge is 2.31. The van der Waals surface area contributed by atoms with Gasteiger partial charge in [0.05, 0.1) is 36.5 Å². The Balaban J connectivity index is 1.59. The number of carbonyl (C=O) groups excluding carboxylic acids is 2. The number of benzene rings is 2. The molecule has 0 unspecified atom stereocenters. The van der Waals surface area contributed by atoms with Crippen LogP contribution in [0.1, 0.15) is 44.9 Å². The van der Waals surface area contributed by atoms with Crippen LogP contribution in [0, 0.1) is 0 Å². The molecule has 0 saturated heterocycles. The van der Waals surface area contributed by atoms with Gasteiger partial charge in [-0.3, -0.25) is 4.57 Å². The van der Waals surface area contributed by atoms with Gasteiger partial charge in [-0.05, 0) is 24.6 Å². The number of hydrogen-bond donors (Lipinski definition) is 0. The predicted octanol–water partition coefficient (Wildman–Crippen LogP) is 2.90. The number of rotatable bonds is 6. The van der Waals surface area contributed by atoms with E-state index in [9.17, 15) is 9.59 Å². The van der Waals surface area contributed by atoms with E-state index in [4.69, 9.17) is 14.2 Å². The van der Waals surface area contributed by atoms with Crippen LogP contribution in [0.15, 0.2) is 54.9 Å². The molecule has 10 nitrogen and oxygen atoms in total. The number of fused-ring (bicyclic) bond motifs is 5. The van der Waals surface area contributed by atoms with Crippen LogP contribution in [-0.4, -0.2) is 50.2 Å². The molecule has 3 heterocycles. The first-order valence-electron chi connectivity index (χ1n) is 10.7. The third kappa shape index (κ3) is 3.68. The van der Waals surface area contributed by atoms with E-state index < -0.39 is 11.9 Å². The predicted molar refractivity (Wildman–Crippen MR) is 119 cm³/mol. The van der Waals surface area contributed by atoms with Crippen molar-refractivity contribution < 1.29 is 23.8 Å². The van der Waals surface area contributed by atoms with Crippen molar-refractivity contribution in [2.24, 2.45) is 0 Å². The van der Waals surface area contributed by atoms with Gasteiger partial charge < -0.3 is 14.2 Å². The quantitative estimate of drug-likeness (QED) is 0.357. The summed E-state index contributed by atoms with van der Waals surface area (Å²) in [5, 5.41) is 8.37. The lowest BCUT2D eigenvalue weighted by atomic mass is 10.1. The molecule has 172 valence electrons. The van der Waals surface area contributed by atoms with E-state index in [1.165, 1.54) is 0 Å². The lowest BCUT2D eigenvalue weighted by molar-refractivity contribution is 0.0463. The van der Waals surface area contributed by atoms with Gasteiger partial charge in [0.2, 0.25) is 0 Å². The number of nitrogens with zero attached hydrogens (tertiary/aromatic N) is 5. The number of aromatic nitrogens is 5. The second-order valence-corrected chi connectivity index (χ2v) is 7.52. The smallest absolute Gasteiger partial charge is 0.361 e. The van der Waals surface area contributed by atoms with Crippen molar-refractivity contribution in [2.45, 2.75) is 20.0 Å². The monoisotopic (exact) mass is 459 g/mol. The Morgan fingerprint density at radius 3 is 2.53 bits per heavy atom. The van der Waals surface area contributed by atoms with Crippen LogP contribution in [0.4, 0.5) is 0 Å². The minimum Gasteiger partial charge on any atom is -0.497 e. The van der Waals surface area contributed by atoms with Crippen molar-refractivity contribution in [2.75, 3.05) is 13.7 Å². The van der Waals surface area contributed by atoms with Gasteiger partial charge >= 0.3 is 11.9 Å². The van der Waals surface area contributed by atoms with Gasteiger partial charge in [-0.15, -0.1) is 5.10 Å². The first kappa shape index (κ1) is 21.4. The van der Waals surface area contributed by atoms with Gasteiger partial charge in [0.1, 0.15) is 18.7 Å². The number of methoxy groups -OCH3 is 1. The molecule has 2 aromatic heterocycles. The number of ether oxygens (including phenoxy) is 3. The summed E-state index contributed by atoms with van der Waals surface area (Å²) in [6.07, 6.45) is 1.72. The Bertz CT molecular complexity index is 1380. The summed E-state index contributed by atoms with van der Waals surface area (Å²) in [5.74, 6) is -0.553. The summed E-state index contributed by atoms with van der Waals surface area (Å²) < 4.78 is 19.4. The minimum atomic E-state index is -0.611. The minimum absolute atomic E-state index is 0.0640. The third-order valence-corrected chi connectivity index (χ3v) is 5.51. The topological polar surface area (TPSA) is 110 Å². The van der Waals surface area contributed by atoms with E-state index >= 15 is 0 Å². The molecule has 0 atom stereocenters. The second-order valence-electron chi connectivity index (χ2n) is 7.52. The van der Waals surface area contributed by atoms with Crippen molar-refractivity contribution in [3.8, 4) is 17.1 Å². The summed E-state index contributed by atoms with van der Waals surface area (Å²) in [4.78, 5) is 29.9. The maximum Gasteiger partial charge on any atom is 0.361 e. The molecule has 0 N–H and O–H groups in total. The summed E-state index contributed by atoms with van der Waals surface area (Å²) in [5.41, 5.74) is 3.44. The Labute approximate surface area is 194 Å². The van der Waals surface area contributed by atoms with Gasteiger partial charge in [0.15, 0.2) is 11.4 Å². The number of esters is 2. The molecule has 1 aliphatic heterocycles. The van der Waals surface area contributed by atoms with Crippen LogP contribution < -0.4 is 4.74 Å². The lowest BCUT2D eigenvalue weighted by Crippen LogP contribution is -2.13. The number of hydrogen-bond acceptors (Lipinski definition) is 8. The molecular weight excluding hydrogens is 438 g/mol. The summed E-state index contributed by atoms with van der Waals surface area (Å²) in [6.45, 7) is 2.05. The van der Waals surface area contributed by atoms with E-state index in [2.05, 4.69) is 15.3 Å². The van der Waals surface area contributed by atoms with Crippen LogP contribution in [0.3, 0.4) is 0 Å². The molecule has 0 aliphatic carbocycles. The molecule has 0 amide bonds. The first-order chi connectivity index (χ1) is 16.6. The standard InChI is InChI=1S/C24H21N5O5/c1-3-33-23(30)21-19-12-20-22(24(31)34-13-15-7-5-4-6-8-15)26-27-29(20)18-11-16(32-2)9-10-17(18)28(19)14-25-21/h4-11,14H,3,12-13H2,1-2H3. The second kappa shape index (κ2) is 8.81. The van der Waals surface area contributed by atoms with Gasteiger partial charge in [-0.2, -0.15) is 0 Å². The molecule has 0 fully saturated rings. The zero-order chi connectivity index (χ0) is 23.7. The lowest BCUT2D eigenvalue weighted by Gasteiger charge is -2.11. The molecule has 2 aromatic carbocycles. The molecular formula is C24H21N5O5. The fraction of sp³-hybridized carbons (Fsp3) is 0.208. The molecule has 0 spiro atoms. The third-order valence-electron chi connectivity index (χ3n) is 5.51. The fourth-order valence-corrected chi connectivity index (χ4v) is 3.89. The van der Waals surface area contributed by atoms with Gasteiger partial charge in [0, 0.05) is 12.5 Å². The van der Waals surface area contributed by atoms with E-state index in [1.54, 1.807) is 41.7 Å². The van der Waals surface area contributed by atoms with Crippen molar-refractivity contribution in [3.63, 3.8) is 0 Å². The van der Waals surface area contributed by atoms with Gasteiger partial charge in [0.25, 0.3) is 0 Å². The molecule has 10 heteroatoms. The van der Waals surface area contributed by atoms with E-state index in [-0.39, 0.29) is 31.0 Å². The molecule has 34 heavy (non-hydrogen) atoms. The molecule has 0 saturated carbocycles. The highest BCUT2D eigenvalue weighted by molar-refractivity contribution is 5.91. The Morgan fingerprint density at radius 1 is 0.971 bits per heavy atom. The Morgan fingerprint density at radius 2 is 1.76 bits per heavy atom. The van der Waals surface area contributed by atoms with Crippen LogP contribution >= 0.6 is 0 Å². The molecule has 1 aliphatic rings. The summed E-state index contributed by atoms with van der Waals surface area (Å²) in [6, 6.07) is 14.8. The molecule has 5 rings (SSSR count). The highest BCUT2D eigenvalue weighted by atomic mass is 16.5. The molecule has 0 bridgehead atoms. The van der Waals surface area contributed by atoms with Crippen LogP contribution in [0.25, 0.3) is 11.4 Å². The van der Waals surface area contributed by atoms with E-state index in [1.807, 2.05) is 36.4 Å². The van der Waals surface area contributed by atoms with Gasteiger partial charge in [-0.25, -0.2) is 19.3 Å². The maximum absolute atomic E-state index is 13.0. The van der Waals surface area contributed by atoms with Crippen molar-refractivity contribution in [1.29, 1.82) is 0 Å². The zero-order valence-corrected chi connectivity index (χ0v) is 18.6. The number of imidazole rings is 1. The molecule has 4 aromatic rings. The van der Waals surface area contributed by atoms with Crippen LogP contribution in [0.2, 0.25) is 0 Å². The van der Waals surface area contributed by atoms with Gasteiger partial charge in [-0.1, -0.05) is 35.5 Å². The Hall–Kier alpha value is -4.47. The van der Waals surface area contributed by atoms with Crippen LogP contribution in [0.5, 0.6) is 5.75 Å². The average Bonchev–Trinajstić information content (AvgIpc) is 3.45. The Kier molecular flexibility index (Phi) is 5.54. The van der Waals surface area contributed by atoms with Crippen molar-refractivity contribution in [1.82, 2.24) is 24.5 Å². The maximum atomic E-state index is 13.0. The van der Waals surface area contributed by atoms with E-state index in [0.717, 1.165) is 5.56 Å². The highest BCUT2D eigenvalue weighted by Crippen LogP contribution is 2.32. The zero-order valence-electron chi connectivity index (χ0n) is 18.6. The summed E-state index contributed by atoms with van der Waals surface area (Å²) in [7, 11) is 1.56. The first-order valence-corrected chi connectivity index (χ1v) is 10.7. The largest absolute Gasteiger partial charge is 0.497 e. The normalized spacial score (nSPS) is 11.6. The average molecular weight is 459 g/mol. The fourth-order valence-electron chi connectivity index (χ4n) is 3.89. The van der Waals surface area contributed by atoms with Crippen molar-refractivity contribution >= 4 is 11.9 Å². The van der Waals surface area contributed by atoms with E-state index in [0.29, 0.717) is 28.5 Å².